The van der Waals surface area contributed by atoms with Crippen molar-refractivity contribution in [3.05, 3.63) is 5.82 Å². The maximum absolute atomic E-state index is 12.2. The Bertz CT molecular complexity index is 607. The molecule has 1 aliphatic rings. The van der Waals surface area contributed by atoms with Gasteiger partial charge in [0.25, 0.3) is 0 Å². The van der Waals surface area contributed by atoms with E-state index in [2.05, 4.69) is 43.3 Å². The predicted molar refractivity (Wildman–Crippen MR) is 112 cm³/mol. The Kier molecular flexibility index (Phi) is 8.77. The van der Waals surface area contributed by atoms with Crippen molar-refractivity contribution >= 4 is 28.5 Å². The summed E-state index contributed by atoms with van der Waals surface area (Å²) in [5.74, 6) is 1.99. The fourth-order valence-corrected chi connectivity index (χ4v) is 3.85. The number of nitrogens with zero attached hydrogens (tertiary/aromatic N) is 6. The van der Waals surface area contributed by atoms with E-state index in [4.69, 9.17) is 0 Å². The minimum atomic E-state index is 0.174. The van der Waals surface area contributed by atoms with E-state index < -0.39 is 0 Å². The highest BCUT2D eigenvalue weighted by molar-refractivity contribution is 7.09. The fraction of sp³-hybridized carbons (Fsp3) is 0.778. The molecule has 1 aromatic heterocycles. The standard InChI is InChI=1S/C18H33N7OS/c1-5-15-21-18(27-22-15)25-13-11-24(12-14-25)17(19-6-2)20-10-9-16(26)23(7-3)8-4/h5-14H2,1-4H3,(H,19,20). The third-order valence-corrected chi connectivity index (χ3v) is 5.48. The molecule has 0 aliphatic carbocycles. The third-order valence-electron chi connectivity index (χ3n) is 4.66. The average molecular weight is 396 g/mol. The molecule has 0 atom stereocenters. The van der Waals surface area contributed by atoms with Gasteiger partial charge in [0.1, 0.15) is 5.82 Å². The van der Waals surface area contributed by atoms with Crippen LogP contribution in [0.1, 0.15) is 39.9 Å². The van der Waals surface area contributed by atoms with Crippen LogP contribution in [0.5, 0.6) is 0 Å². The van der Waals surface area contributed by atoms with E-state index in [9.17, 15) is 4.79 Å². The highest BCUT2D eigenvalue weighted by atomic mass is 32.1. The minimum absolute atomic E-state index is 0.174. The number of carbonyl (C=O) groups excluding carboxylic acids is 1. The zero-order valence-corrected chi connectivity index (χ0v) is 17.9. The monoisotopic (exact) mass is 395 g/mol. The smallest absolute Gasteiger partial charge is 0.224 e. The van der Waals surface area contributed by atoms with Crippen molar-refractivity contribution in [2.45, 2.75) is 40.5 Å². The first-order chi connectivity index (χ1) is 13.1. The molecule has 0 saturated carbocycles. The molecular formula is C18H33N7OS. The Balaban J connectivity index is 1.88. The molecule has 0 aromatic carbocycles. The summed E-state index contributed by atoms with van der Waals surface area (Å²) < 4.78 is 4.38. The average Bonchev–Trinajstić information content (AvgIpc) is 3.18. The molecule has 0 radical (unpaired) electrons. The van der Waals surface area contributed by atoms with Crippen LogP contribution in [0.4, 0.5) is 5.13 Å². The van der Waals surface area contributed by atoms with E-state index in [0.29, 0.717) is 13.0 Å². The maximum Gasteiger partial charge on any atom is 0.224 e. The van der Waals surface area contributed by atoms with Crippen molar-refractivity contribution < 1.29 is 4.79 Å². The quantitative estimate of drug-likeness (QED) is 0.530. The Morgan fingerprint density at radius 3 is 2.44 bits per heavy atom. The third kappa shape index (κ3) is 6.05. The fourth-order valence-electron chi connectivity index (χ4n) is 3.04. The van der Waals surface area contributed by atoms with Crippen molar-refractivity contribution in [1.82, 2.24) is 24.5 Å². The highest BCUT2D eigenvalue weighted by Gasteiger charge is 2.22. The van der Waals surface area contributed by atoms with Gasteiger partial charge in [-0.05, 0) is 20.8 Å². The number of guanidine groups is 1. The molecule has 27 heavy (non-hydrogen) atoms. The van der Waals surface area contributed by atoms with E-state index in [1.807, 2.05) is 18.7 Å². The Morgan fingerprint density at radius 1 is 1.19 bits per heavy atom. The number of piperazine rings is 1. The Morgan fingerprint density at radius 2 is 1.89 bits per heavy atom. The second-order valence-electron chi connectivity index (χ2n) is 6.37. The second-order valence-corrected chi connectivity index (χ2v) is 7.10. The number of aliphatic imine (C=N–C) groups is 1. The number of hydrogen-bond acceptors (Lipinski definition) is 6. The van der Waals surface area contributed by atoms with E-state index in [1.54, 1.807) is 0 Å². The van der Waals surface area contributed by atoms with E-state index in [0.717, 1.165) is 69.1 Å². The number of amides is 1. The molecule has 152 valence electrons. The first-order valence-corrected chi connectivity index (χ1v) is 10.8. The summed E-state index contributed by atoms with van der Waals surface area (Å²) in [6.45, 7) is 14.6. The van der Waals surface area contributed by atoms with Crippen molar-refractivity contribution in [3.8, 4) is 0 Å². The van der Waals surface area contributed by atoms with Crippen LogP contribution >= 0.6 is 11.5 Å². The second kappa shape index (κ2) is 11.1. The summed E-state index contributed by atoms with van der Waals surface area (Å²) in [4.78, 5) is 27.8. The lowest BCUT2D eigenvalue weighted by Gasteiger charge is -2.36. The molecule has 0 bridgehead atoms. The van der Waals surface area contributed by atoms with E-state index in [-0.39, 0.29) is 5.91 Å². The van der Waals surface area contributed by atoms with Gasteiger partial charge in [-0.15, -0.1) is 0 Å². The molecule has 0 spiro atoms. The molecule has 1 fully saturated rings. The summed E-state index contributed by atoms with van der Waals surface area (Å²) in [6.07, 6.45) is 1.33. The number of rotatable bonds is 8. The lowest BCUT2D eigenvalue weighted by Crippen LogP contribution is -2.52. The maximum atomic E-state index is 12.2. The van der Waals surface area contributed by atoms with Gasteiger partial charge in [-0.3, -0.25) is 9.79 Å². The minimum Gasteiger partial charge on any atom is -0.357 e. The van der Waals surface area contributed by atoms with Crippen LogP contribution in [0.2, 0.25) is 0 Å². The van der Waals surface area contributed by atoms with Crippen LogP contribution < -0.4 is 10.2 Å². The van der Waals surface area contributed by atoms with E-state index >= 15 is 0 Å². The van der Waals surface area contributed by atoms with Crippen LogP contribution in [0, 0.1) is 0 Å². The highest BCUT2D eigenvalue weighted by Crippen LogP contribution is 2.19. The Labute approximate surface area is 166 Å². The van der Waals surface area contributed by atoms with Crippen LogP contribution in [0.15, 0.2) is 4.99 Å². The summed E-state index contributed by atoms with van der Waals surface area (Å²) >= 11 is 1.48. The summed E-state index contributed by atoms with van der Waals surface area (Å²) in [6, 6.07) is 0. The number of anilines is 1. The van der Waals surface area contributed by atoms with Gasteiger partial charge in [-0.1, -0.05) is 6.92 Å². The Hall–Kier alpha value is -1.90. The summed E-state index contributed by atoms with van der Waals surface area (Å²) in [5.41, 5.74) is 0. The van der Waals surface area contributed by atoms with E-state index in [1.165, 1.54) is 11.5 Å². The molecular weight excluding hydrogens is 362 g/mol. The number of hydrogen-bond donors (Lipinski definition) is 1. The van der Waals surface area contributed by atoms with Gasteiger partial charge in [-0.2, -0.15) is 4.37 Å². The molecule has 1 saturated heterocycles. The molecule has 1 aliphatic heterocycles. The van der Waals surface area contributed by atoms with Crippen LogP contribution in [-0.4, -0.2) is 83.4 Å². The molecule has 0 unspecified atom stereocenters. The number of aromatic nitrogens is 2. The lowest BCUT2D eigenvalue weighted by atomic mass is 10.3. The lowest BCUT2D eigenvalue weighted by molar-refractivity contribution is -0.130. The van der Waals surface area contributed by atoms with Gasteiger partial charge >= 0.3 is 0 Å². The predicted octanol–water partition coefficient (Wildman–Crippen LogP) is 1.45. The molecule has 2 heterocycles. The molecule has 8 nitrogen and oxygen atoms in total. The summed E-state index contributed by atoms with van der Waals surface area (Å²) in [5, 5.41) is 4.37. The molecule has 9 heteroatoms. The molecule has 2 rings (SSSR count). The zero-order chi connectivity index (χ0) is 19.6. The topological polar surface area (TPSA) is 77.0 Å². The number of nitrogens with one attached hydrogen (secondary N) is 1. The van der Waals surface area contributed by atoms with Gasteiger partial charge in [-0.25, -0.2) is 4.98 Å². The number of aryl methyl sites for hydroxylation is 1. The van der Waals surface area contributed by atoms with Gasteiger partial charge in [0.05, 0.1) is 6.54 Å². The van der Waals surface area contributed by atoms with Crippen molar-refractivity contribution in [3.63, 3.8) is 0 Å². The first-order valence-electron chi connectivity index (χ1n) is 10.0. The van der Waals surface area contributed by atoms with Crippen LogP contribution in [0.3, 0.4) is 0 Å². The normalized spacial score (nSPS) is 15.2. The summed E-state index contributed by atoms with van der Waals surface area (Å²) in [7, 11) is 0. The van der Waals surface area contributed by atoms with Gasteiger partial charge in [0.2, 0.25) is 11.0 Å². The van der Waals surface area contributed by atoms with Crippen molar-refractivity contribution in [2.75, 3.05) is 57.3 Å². The van der Waals surface area contributed by atoms with Crippen LogP contribution in [-0.2, 0) is 11.2 Å². The zero-order valence-electron chi connectivity index (χ0n) is 17.1. The molecule has 1 N–H and O–H groups in total. The largest absolute Gasteiger partial charge is 0.357 e. The molecule has 1 amide bonds. The molecule has 1 aromatic rings. The van der Waals surface area contributed by atoms with Gasteiger partial charge in [0.15, 0.2) is 5.96 Å². The van der Waals surface area contributed by atoms with Gasteiger partial charge < -0.3 is 20.0 Å². The van der Waals surface area contributed by atoms with Crippen LogP contribution in [0.25, 0.3) is 0 Å². The van der Waals surface area contributed by atoms with Gasteiger partial charge in [0, 0.05) is 70.2 Å². The SMILES string of the molecule is CCNC(=NCCC(=O)N(CC)CC)N1CCN(c2nc(CC)ns2)CC1. The van der Waals surface area contributed by atoms with Crippen molar-refractivity contribution in [1.29, 1.82) is 0 Å². The number of carbonyl (C=O) groups is 1. The first kappa shape index (κ1) is 21.4. The van der Waals surface area contributed by atoms with Crippen molar-refractivity contribution in [2.24, 2.45) is 4.99 Å².